The second-order valence-corrected chi connectivity index (χ2v) is 5.45. The zero-order chi connectivity index (χ0) is 13.1. The van der Waals surface area contributed by atoms with Crippen LogP contribution < -0.4 is 4.90 Å². The first-order valence-electron chi connectivity index (χ1n) is 6.57. The van der Waals surface area contributed by atoms with Crippen LogP contribution in [0.25, 0.3) is 0 Å². The lowest BCUT2D eigenvalue weighted by Gasteiger charge is -2.37. The number of alkyl halides is 1. The minimum absolute atomic E-state index is 0.190. The Labute approximate surface area is 113 Å². The minimum Gasteiger partial charge on any atom is -0.354 e. The number of nitrogens with zero attached hydrogens (tertiary/aromatic N) is 2. The van der Waals surface area contributed by atoms with E-state index in [1.54, 1.807) is 12.3 Å². The third-order valence-corrected chi connectivity index (χ3v) is 4.28. The molecule has 100 valence electrons. The van der Waals surface area contributed by atoms with Crippen LogP contribution in [-0.4, -0.2) is 18.1 Å². The predicted molar refractivity (Wildman–Crippen MR) is 73.6 cm³/mol. The lowest BCUT2D eigenvalue weighted by molar-refractivity contribution is 0.319. The summed E-state index contributed by atoms with van der Waals surface area (Å²) in [4.78, 5) is 6.18. The molecule has 0 bridgehead atoms. The summed E-state index contributed by atoms with van der Waals surface area (Å²) in [7, 11) is 1.94. The number of halogens is 2. The highest BCUT2D eigenvalue weighted by Crippen LogP contribution is 2.31. The van der Waals surface area contributed by atoms with Crippen molar-refractivity contribution in [3.05, 3.63) is 23.6 Å². The van der Waals surface area contributed by atoms with Crippen LogP contribution in [0.1, 0.15) is 38.2 Å². The van der Waals surface area contributed by atoms with Crippen molar-refractivity contribution in [1.29, 1.82) is 0 Å². The van der Waals surface area contributed by atoms with Gasteiger partial charge >= 0.3 is 0 Å². The van der Waals surface area contributed by atoms with Crippen molar-refractivity contribution in [3.63, 3.8) is 0 Å². The van der Waals surface area contributed by atoms with Gasteiger partial charge in [-0.25, -0.2) is 9.37 Å². The molecule has 1 heterocycles. The third kappa shape index (κ3) is 2.61. The molecule has 0 saturated heterocycles. The van der Waals surface area contributed by atoms with E-state index < -0.39 is 0 Å². The van der Waals surface area contributed by atoms with Crippen molar-refractivity contribution in [2.45, 2.75) is 44.5 Å². The molecule has 1 aliphatic rings. The predicted octanol–water partition coefficient (Wildman–Crippen LogP) is 3.97. The van der Waals surface area contributed by atoms with Crippen LogP contribution in [-0.2, 0) is 5.88 Å². The van der Waals surface area contributed by atoms with E-state index in [1.165, 1.54) is 19.3 Å². The Bertz CT molecular complexity index is 411. The molecule has 1 aromatic rings. The number of pyridine rings is 1. The van der Waals surface area contributed by atoms with E-state index in [4.69, 9.17) is 11.6 Å². The van der Waals surface area contributed by atoms with Crippen LogP contribution in [0.4, 0.5) is 10.2 Å². The first kappa shape index (κ1) is 13.6. The fourth-order valence-electron chi connectivity index (χ4n) is 2.85. The maximum absolute atomic E-state index is 14.2. The van der Waals surface area contributed by atoms with E-state index in [2.05, 4.69) is 11.9 Å². The lowest BCUT2D eigenvalue weighted by atomic mass is 9.85. The smallest absolute Gasteiger partial charge is 0.170 e. The first-order valence-corrected chi connectivity index (χ1v) is 7.10. The van der Waals surface area contributed by atoms with Crippen LogP contribution in [0.3, 0.4) is 0 Å². The number of hydrogen-bond donors (Lipinski definition) is 0. The summed E-state index contributed by atoms with van der Waals surface area (Å²) in [5.74, 6) is 0.944. The highest BCUT2D eigenvalue weighted by Gasteiger charge is 2.27. The van der Waals surface area contributed by atoms with Crippen LogP contribution in [0.15, 0.2) is 12.3 Å². The molecule has 2 rings (SSSR count). The van der Waals surface area contributed by atoms with Crippen molar-refractivity contribution >= 4 is 17.4 Å². The Morgan fingerprint density at radius 3 is 2.83 bits per heavy atom. The molecule has 0 spiro atoms. The van der Waals surface area contributed by atoms with Gasteiger partial charge in [0.05, 0.1) is 5.88 Å². The quantitative estimate of drug-likeness (QED) is 0.773. The van der Waals surface area contributed by atoms with Gasteiger partial charge in [0.2, 0.25) is 0 Å². The zero-order valence-electron chi connectivity index (χ0n) is 11.0. The topological polar surface area (TPSA) is 16.1 Å². The normalized spacial score (nSPS) is 24.0. The van der Waals surface area contributed by atoms with E-state index >= 15 is 0 Å². The van der Waals surface area contributed by atoms with E-state index in [1.807, 2.05) is 11.9 Å². The van der Waals surface area contributed by atoms with Gasteiger partial charge in [-0.2, -0.15) is 0 Å². The Morgan fingerprint density at radius 1 is 1.44 bits per heavy atom. The molecule has 1 aromatic heterocycles. The Balaban J connectivity index is 2.24. The molecule has 0 amide bonds. The molecule has 2 unspecified atom stereocenters. The minimum atomic E-state index is -0.271. The zero-order valence-corrected chi connectivity index (χ0v) is 11.8. The number of anilines is 1. The second kappa shape index (κ2) is 5.87. The van der Waals surface area contributed by atoms with Crippen LogP contribution in [0.2, 0.25) is 0 Å². The SMILES string of the molecule is CC1CCCCC1N(C)c1nccc(CCl)c1F. The first-order chi connectivity index (χ1) is 8.65. The summed E-state index contributed by atoms with van der Waals surface area (Å²) in [6, 6.07) is 2.02. The van der Waals surface area contributed by atoms with Gasteiger partial charge in [-0.1, -0.05) is 19.8 Å². The van der Waals surface area contributed by atoms with Crippen molar-refractivity contribution in [2.24, 2.45) is 5.92 Å². The molecule has 2 nitrogen and oxygen atoms in total. The molecule has 1 saturated carbocycles. The second-order valence-electron chi connectivity index (χ2n) is 5.18. The molecule has 0 aromatic carbocycles. The van der Waals surface area contributed by atoms with Gasteiger partial charge in [0.1, 0.15) is 0 Å². The Hall–Kier alpha value is -0.830. The van der Waals surface area contributed by atoms with E-state index in [0.29, 0.717) is 23.3 Å². The highest BCUT2D eigenvalue weighted by molar-refractivity contribution is 6.17. The van der Waals surface area contributed by atoms with E-state index in [0.717, 1.165) is 6.42 Å². The molecule has 0 radical (unpaired) electrons. The van der Waals surface area contributed by atoms with Gasteiger partial charge in [0.15, 0.2) is 11.6 Å². The average molecular weight is 271 g/mol. The summed E-state index contributed by atoms with van der Waals surface area (Å²) in [5, 5.41) is 0. The van der Waals surface area contributed by atoms with Gasteiger partial charge in [-0.3, -0.25) is 0 Å². The van der Waals surface area contributed by atoms with E-state index in [-0.39, 0.29) is 11.7 Å². The van der Waals surface area contributed by atoms with Gasteiger partial charge in [-0.15, -0.1) is 11.6 Å². The summed E-state index contributed by atoms with van der Waals surface area (Å²) < 4.78 is 14.2. The fourth-order valence-corrected chi connectivity index (χ4v) is 3.06. The number of rotatable bonds is 3. The molecule has 1 fully saturated rings. The number of aromatic nitrogens is 1. The average Bonchev–Trinajstić information content (AvgIpc) is 2.39. The molecule has 1 aliphatic carbocycles. The molecular weight excluding hydrogens is 251 g/mol. The van der Waals surface area contributed by atoms with Crippen molar-refractivity contribution in [1.82, 2.24) is 4.98 Å². The fraction of sp³-hybridized carbons (Fsp3) is 0.643. The molecular formula is C14H20ClFN2. The van der Waals surface area contributed by atoms with Crippen LogP contribution >= 0.6 is 11.6 Å². The van der Waals surface area contributed by atoms with E-state index in [9.17, 15) is 4.39 Å². The summed E-state index contributed by atoms with van der Waals surface area (Å²) in [6.07, 6.45) is 6.47. The standard InChI is InChI=1S/C14H20ClFN2/c1-10-5-3-4-6-12(10)18(2)14-13(16)11(9-15)7-8-17-14/h7-8,10,12H,3-6,9H2,1-2H3. The maximum Gasteiger partial charge on any atom is 0.170 e. The molecule has 2 atom stereocenters. The van der Waals surface area contributed by atoms with Gasteiger partial charge < -0.3 is 4.90 Å². The van der Waals surface area contributed by atoms with Crippen molar-refractivity contribution in [3.8, 4) is 0 Å². The summed E-state index contributed by atoms with van der Waals surface area (Å²) in [5.41, 5.74) is 0.525. The molecule has 18 heavy (non-hydrogen) atoms. The molecule has 0 aliphatic heterocycles. The summed E-state index contributed by atoms with van der Waals surface area (Å²) in [6.45, 7) is 2.24. The monoisotopic (exact) mass is 270 g/mol. The maximum atomic E-state index is 14.2. The molecule has 4 heteroatoms. The Morgan fingerprint density at radius 2 is 2.17 bits per heavy atom. The Kier molecular flexibility index (Phi) is 4.44. The van der Waals surface area contributed by atoms with Crippen LogP contribution in [0.5, 0.6) is 0 Å². The highest BCUT2D eigenvalue weighted by atomic mass is 35.5. The van der Waals surface area contributed by atoms with Gasteiger partial charge in [-0.05, 0) is 24.8 Å². The third-order valence-electron chi connectivity index (χ3n) is 3.99. The van der Waals surface area contributed by atoms with Gasteiger partial charge in [0, 0.05) is 24.8 Å². The number of hydrogen-bond acceptors (Lipinski definition) is 2. The summed E-state index contributed by atoms with van der Waals surface area (Å²) >= 11 is 5.74. The van der Waals surface area contributed by atoms with Gasteiger partial charge in [0.25, 0.3) is 0 Å². The van der Waals surface area contributed by atoms with Crippen LogP contribution in [0, 0.1) is 11.7 Å². The van der Waals surface area contributed by atoms with Crippen molar-refractivity contribution < 1.29 is 4.39 Å². The molecule has 0 N–H and O–H groups in total. The van der Waals surface area contributed by atoms with Crippen molar-refractivity contribution in [2.75, 3.05) is 11.9 Å². The lowest BCUT2D eigenvalue weighted by Crippen LogP contribution is -2.40. The largest absolute Gasteiger partial charge is 0.354 e.